The maximum atomic E-state index is 14.8. The predicted molar refractivity (Wildman–Crippen MR) is 124 cm³/mol. The van der Waals surface area contributed by atoms with E-state index in [-0.39, 0.29) is 42.6 Å². The molecule has 0 amide bonds. The van der Waals surface area contributed by atoms with Crippen LogP contribution in [0.1, 0.15) is 17.0 Å². The Morgan fingerprint density at radius 2 is 1.91 bits per heavy atom. The van der Waals surface area contributed by atoms with Crippen LogP contribution in [0.25, 0.3) is 11.0 Å². The van der Waals surface area contributed by atoms with E-state index < -0.39 is 33.7 Å². The Morgan fingerprint density at radius 1 is 1.20 bits per heavy atom. The number of anilines is 2. The third kappa shape index (κ3) is 5.10. The second-order valence-corrected chi connectivity index (χ2v) is 10.4. The van der Waals surface area contributed by atoms with Crippen LogP contribution in [0.4, 0.5) is 24.7 Å². The number of rotatable bonds is 7. The minimum Gasteiger partial charge on any atom is -0.479 e. The van der Waals surface area contributed by atoms with Gasteiger partial charge in [0.15, 0.2) is 15.5 Å². The van der Waals surface area contributed by atoms with Gasteiger partial charge in [0, 0.05) is 25.2 Å². The average molecular weight is 512 g/mol. The Balaban J connectivity index is 1.70. The first-order valence-corrected chi connectivity index (χ1v) is 12.6. The van der Waals surface area contributed by atoms with Crippen molar-refractivity contribution in [3.05, 3.63) is 47.0 Å². The molecule has 3 aromatic rings. The number of pyridine rings is 1. The van der Waals surface area contributed by atoms with Gasteiger partial charge in [0.2, 0.25) is 5.88 Å². The summed E-state index contributed by atoms with van der Waals surface area (Å²) in [7, 11) is -1.66. The number of methoxy groups -OCH3 is 1. The fourth-order valence-electron chi connectivity index (χ4n) is 3.86. The lowest BCUT2D eigenvalue weighted by molar-refractivity contribution is -0.0583. The number of ether oxygens (including phenoxy) is 1. The van der Waals surface area contributed by atoms with Gasteiger partial charge in [-0.2, -0.15) is 13.8 Å². The summed E-state index contributed by atoms with van der Waals surface area (Å²) in [5.41, 5.74) is -0.0767. The first-order valence-electron chi connectivity index (χ1n) is 10.7. The number of nitrogens with zero attached hydrogens (tertiary/aromatic N) is 4. The quantitative estimate of drug-likeness (QED) is 0.493. The van der Waals surface area contributed by atoms with E-state index in [4.69, 9.17) is 9.84 Å². The van der Waals surface area contributed by atoms with Crippen molar-refractivity contribution in [1.29, 1.82) is 0 Å². The summed E-state index contributed by atoms with van der Waals surface area (Å²) in [6.07, 6.45) is 0. The molecule has 188 valence electrons. The lowest BCUT2D eigenvalue weighted by Crippen LogP contribution is -2.40. The summed E-state index contributed by atoms with van der Waals surface area (Å²) in [6, 6.07) is 5.29. The molecule has 0 saturated carbocycles. The smallest absolute Gasteiger partial charge is 0.298 e. The molecule has 3 heterocycles. The molecule has 0 aliphatic carbocycles. The number of benzene rings is 1. The zero-order valence-electron chi connectivity index (χ0n) is 19.1. The number of nitrogens with one attached hydrogen (secondary N) is 1. The molecule has 1 aliphatic rings. The van der Waals surface area contributed by atoms with Crippen LogP contribution in [0.5, 0.6) is 5.88 Å². The number of aliphatic hydroxyl groups excluding tert-OH is 1. The van der Waals surface area contributed by atoms with Gasteiger partial charge >= 0.3 is 0 Å². The number of halogens is 3. The third-order valence-corrected chi connectivity index (χ3v) is 7.35. The molecular formula is C22H24F3N5O4S. The molecule has 1 aliphatic heterocycles. The second-order valence-electron chi connectivity index (χ2n) is 8.14. The number of alkyl halides is 2. The number of hydrogen-bond acceptors (Lipinski definition) is 9. The summed E-state index contributed by atoms with van der Waals surface area (Å²) in [5, 5.41) is 12.4. The molecule has 0 radical (unpaired) electrons. The molecule has 2 N–H and O–H groups in total. The Bertz CT molecular complexity index is 1360. The van der Waals surface area contributed by atoms with Crippen molar-refractivity contribution in [3.8, 4) is 5.88 Å². The van der Waals surface area contributed by atoms with Gasteiger partial charge in [-0.05, 0) is 19.1 Å². The molecule has 1 fully saturated rings. The fourth-order valence-corrected chi connectivity index (χ4v) is 5.07. The van der Waals surface area contributed by atoms with E-state index in [1.165, 1.54) is 19.2 Å². The van der Waals surface area contributed by atoms with Gasteiger partial charge in [-0.25, -0.2) is 22.8 Å². The van der Waals surface area contributed by atoms with Crippen LogP contribution in [0.3, 0.4) is 0 Å². The first-order chi connectivity index (χ1) is 16.5. The van der Waals surface area contributed by atoms with Crippen LogP contribution < -0.4 is 15.0 Å². The molecule has 1 aromatic carbocycles. The van der Waals surface area contributed by atoms with Crippen molar-refractivity contribution in [1.82, 2.24) is 15.0 Å². The lowest BCUT2D eigenvalue weighted by Gasteiger charge is -2.29. The molecule has 0 bridgehead atoms. The van der Waals surface area contributed by atoms with Gasteiger partial charge in [-0.1, -0.05) is 12.1 Å². The molecule has 0 unspecified atom stereocenters. The van der Waals surface area contributed by atoms with E-state index in [9.17, 15) is 21.6 Å². The number of hydrogen-bond donors (Lipinski definition) is 2. The zero-order chi connectivity index (χ0) is 25.4. The Morgan fingerprint density at radius 3 is 2.57 bits per heavy atom. The lowest BCUT2D eigenvalue weighted by atomic mass is 10.0. The molecule has 4 rings (SSSR count). The monoisotopic (exact) mass is 511 g/mol. The number of fused-ring (bicyclic) bond motifs is 1. The van der Waals surface area contributed by atoms with Gasteiger partial charge in [-0.3, -0.25) is 0 Å². The van der Waals surface area contributed by atoms with E-state index in [0.717, 1.165) is 6.07 Å². The van der Waals surface area contributed by atoms with Crippen molar-refractivity contribution in [2.45, 2.75) is 19.4 Å². The molecule has 35 heavy (non-hydrogen) atoms. The first kappa shape index (κ1) is 24.9. The molecule has 0 spiro atoms. The normalized spacial score (nSPS) is 15.9. The highest BCUT2D eigenvalue weighted by molar-refractivity contribution is 7.91. The SMILES string of the molecule is COc1nc2nc(C)nc(NCc3cccc(C(F)(F)CO)c3F)c2cc1N1CCS(=O)(=O)CC1. The fraction of sp³-hybridized carbons (Fsp3) is 0.409. The minimum absolute atomic E-state index is 0.00219. The van der Waals surface area contributed by atoms with E-state index in [1.807, 2.05) is 4.90 Å². The maximum absolute atomic E-state index is 14.8. The zero-order valence-corrected chi connectivity index (χ0v) is 19.9. The van der Waals surface area contributed by atoms with Crippen LogP contribution in [-0.2, 0) is 22.3 Å². The summed E-state index contributed by atoms with van der Waals surface area (Å²) < 4.78 is 71.7. The summed E-state index contributed by atoms with van der Waals surface area (Å²) in [6.45, 7) is 0.489. The van der Waals surface area contributed by atoms with Crippen LogP contribution in [0, 0.1) is 12.7 Å². The van der Waals surface area contributed by atoms with Gasteiger partial charge < -0.3 is 20.1 Å². The highest BCUT2D eigenvalue weighted by Crippen LogP contribution is 2.34. The standard InChI is InChI=1S/C22H24F3N5O4S/c1-13-27-19(26-11-14-4-3-5-16(18(14)23)22(24,25)12-31)15-10-17(21(34-2)29-20(15)28-13)30-6-8-35(32,33)9-7-30/h3-5,10,31H,6-9,11-12H2,1-2H3,(H,26,27,28,29). The number of aromatic nitrogens is 3. The van der Waals surface area contributed by atoms with E-state index >= 15 is 0 Å². The summed E-state index contributed by atoms with van der Waals surface area (Å²) in [5.74, 6) is -3.90. The Labute approximate surface area is 199 Å². The van der Waals surface area contributed by atoms with Crippen LogP contribution in [0.2, 0.25) is 0 Å². The number of aryl methyl sites for hydroxylation is 1. The number of aliphatic hydroxyl groups is 1. The Hall–Kier alpha value is -3.19. The van der Waals surface area contributed by atoms with Crippen molar-refractivity contribution in [2.24, 2.45) is 0 Å². The Kier molecular flexibility index (Phi) is 6.73. The summed E-state index contributed by atoms with van der Waals surface area (Å²) >= 11 is 0. The van der Waals surface area contributed by atoms with Gasteiger partial charge in [-0.15, -0.1) is 0 Å². The van der Waals surface area contributed by atoms with Crippen molar-refractivity contribution in [2.75, 3.05) is 48.5 Å². The summed E-state index contributed by atoms with van der Waals surface area (Å²) in [4.78, 5) is 15.0. The van der Waals surface area contributed by atoms with E-state index in [1.54, 1.807) is 13.0 Å². The molecule has 13 heteroatoms. The molecule has 9 nitrogen and oxygen atoms in total. The van der Waals surface area contributed by atoms with Crippen LogP contribution in [0.15, 0.2) is 24.3 Å². The highest BCUT2D eigenvalue weighted by Gasteiger charge is 2.34. The average Bonchev–Trinajstić information content (AvgIpc) is 2.82. The second kappa shape index (κ2) is 9.46. The highest BCUT2D eigenvalue weighted by atomic mass is 32.2. The largest absolute Gasteiger partial charge is 0.479 e. The van der Waals surface area contributed by atoms with E-state index in [2.05, 4.69) is 20.3 Å². The van der Waals surface area contributed by atoms with Crippen molar-refractivity contribution in [3.63, 3.8) is 0 Å². The third-order valence-electron chi connectivity index (χ3n) is 5.74. The molecule has 2 aromatic heterocycles. The van der Waals surface area contributed by atoms with Gasteiger partial charge in [0.1, 0.15) is 29.8 Å². The molecular weight excluding hydrogens is 487 g/mol. The maximum Gasteiger partial charge on any atom is 0.298 e. The van der Waals surface area contributed by atoms with Crippen LogP contribution >= 0.6 is 0 Å². The van der Waals surface area contributed by atoms with Gasteiger partial charge in [0.25, 0.3) is 5.92 Å². The molecule has 1 saturated heterocycles. The molecule has 0 atom stereocenters. The topological polar surface area (TPSA) is 118 Å². The van der Waals surface area contributed by atoms with Crippen LogP contribution in [-0.4, -0.2) is 66.8 Å². The van der Waals surface area contributed by atoms with E-state index in [0.29, 0.717) is 28.4 Å². The minimum atomic E-state index is -3.71. The number of sulfone groups is 1. The predicted octanol–water partition coefficient (Wildman–Crippen LogP) is 2.41. The van der Waals surface area contributed by atoms with Crippen molar-refractivity contribution < 1.29 is 31.4 Å². The van der Waals surface area contributed by atoms with Crippen molar-refractivity contribution >= 4 is 32.4 Å². The van der Waals surface area contributed by atoms with Gasteiger partial charge in [0.05, 0.1) is 29.6 Å².